The smallest absolute Gasteiger partial charge is 0.00707 e. The third-order valence-corrected chi connectivity index (χ3v) is 6.84. The lowest BCUT2D eigenvalue weighted by Gasteiger charge is -2.46. The van der Waals surface area contributed by atoms with Crippen molar-refractivity contribution in [1.82, 2.24) is 0 Å². The molecule has 3 aliphatic rings. The fraction of sp³-hybridized carbons (Fsp3) is 1.00. The molecule has 86 valence electrons. The summed E-state index contributed by atoms with van der Waals surface area (Å²) in [5.41, 5.74) is 1.39. The number of hydrogen-bond donors (Lipinski definition) is 0. The second kappa shape index (κ2) is 3.24. The summed E-state index contributed by atoms with van der Waals surface area (Å²) >= 11 is 3.77. The molecule has 0 bridgehead atoms. The maximum Gasteiger partial charge on any atom is 0.00707 e. The Morgan fingerprint density at radius 1 is 1.00 bits per heavy atom. The van der Waals surface area contributed by atoms with Gasteiger partial charge in [0.2, 0.25) is 0 Å². The molecule has 0 N–H and O–H groups in total. The van der Waals surface area contributed by atoms with Crippen LogP contribution in [0.25, 0.3) is 0 Å². The second-order valence-corrected chi connectivity index (χ2v) is 7.26. The fourth-order valence-corrected chi connectivity index (χ4v) is 6.33. The minimum absolute atomic E-state index is 0.632. The second-order valence-electron chi connectivity index (χ2n) is 6.62. The fourth-order valence-electron chi connectivity index (χ4n) is 4.99. The van der Waals surface area contributed by atoms with Gasteiger partial charge in [-0.1, -0.05) is 42.6 Å². The maximum absolute atomic E-state index is 3.77. The van der Waals surface area contributed by atoms with E-state index in [1.807, 2.05) is 0 Å². The van der Waals surface area contributed by atoms with Gasteiger partial charge in [-0.25, -0.2) is 0 Å². The zero-order valence-electron chi connectivity index (χ0n) is 10.1. The molecule has 3 saturated carbocycles. The van der Waals surface area contributed by atoms with Crippen LogP contribution in [0.4, 0.5) is 0 Å². The Morgan fingerprint density at radius 3 is 1.67 bits per heavy atom. The third-order valence-electron chi connectivity index (χ3n) is 6.20. The van der Waals surface area contributed by atoms with Crippen molar-refractivity contribution >= 4 is 15.9 Å². The van der Waals surface area contributed by atoms with Gasteiger partial charge in [0, 0.05) is 5.33 Å². The molecule has 0 radical (unpaired) electrons. The van der Waals surface area contributed by atoms with E-state index in [1.54, 1.807) is 0 Å². The van der Waals surface area contributed by atoms with E-state index in [1.165, 1.54) is 43.9 Å². The number of halogens is 1. The van der Waals surface area contributed by atoms with Crippen molar-refractivity contribution in [3.05, 3.63) is 0 Å². The van der Waals surface area contributed by atoms with Crippen molar-refractivity contribution in [3.8, 4) is 0 Å². The molecule has 0 amide bonds. The first-order chi connectivity index (χ1) is 7.15. The van der Waals surface area contributed by atoms with Gasteiger partial charge in [-0.2, -0.15) is 0 Å². The highest BCUT2D eigenvalue weighted by atomic mass is 79.9. The Hall–Kier alpha value is 0.480. The van der Waals surface area contributed by atoms with Crippen molar-refractivity contribution in [3.63, 3.8) is 0 Å². The van der Waals surface area contributed by atoms with Gasteiger partial charge in [0.1, 0.15) is 0 Å². The van der Waals surface area contributed by atoms with Gasteiger partial charge in [0.25, 0.3) is 0 Å². The molecule has 0 saturated heterocycles. The quantitative estimate of drug-likeness (QED) is 0.657. The molecule has 0 nitrogen and oxygen atoms in total. The van der Waals surface area contributed by atoms with Crippen molar-refractivity contribution in [2.45, 2.75) is 52.4 Å². The largest absolute Gasteiger partial charge is 0.0925 e. The molecule has 3 aliphatic carbocycles. The van der Waals surface area contributed by atoms with Gasteiger partial charge < -0.3 is 0 Å². The monoisotopic (exact) mass is 270 g/mol. The molecule has 1 unspecified atom stereocenters. The Morgan fingerprint density at radius 2 is 1.47 bits per heavy atom. The molecule has 1 heteroatoms. The van der Waals surface area contributed by atoms with Gasteiger partial charge >= 0.3 is 0 Å². The SMILES string of the molecule is CC1(C)C(CBr)C1(C1CCC1)C1CCC1. The molecule has 3 rings (SSSR count). The van der Waals surface area contributed by atoms with Gasteiger partial charge in [-0.15, -0.1) is 0 Å². The average Bonchev–Trinajstić information content (AvgIpc) is 2.41. The summed E-state index contributed by atoms with van der Waals surface area (Å²) < 4.78 is 0. The lowest BCUT2D eigenvalue weighted by Crippen LogP contribution is -2.38. The van der Waals surface area contributed by atoms with Crippen LogP contribution in [0.15, 0.2) is 0 Å². The Bertz CT molecular complexity index is 247. The van der Waals surface area contributed by atoms with Crippen LogP contribution in [-0.4, -0.2) is 5.33 Å². The van der Waals surface area contributed by atoms with Crippen molar-refractivity contribution in [2.75, 3.05) is 5.33 Å². The summed E-state index contributed by atoms with van der Waals surface area (Å²) in [6, 6.07) is 0. The van der Waals surface area contributed by atoms with E-state index in [9.17, 15) is 0 Å². The van der Waals surface area contributed by atoms with E-state index in [0.717, 1.165) is 23.2 Å². The van der Waals surface area contributed by atoms with Crippen LogP contribution in [0.5, 0.6) is 0 Å². The van der Waals surface area contributed by atoms with E-state index >= 15 is 0 Å². The van der Waals surface area contributed by atoms with Crippen molar-refractivity contribution in [2.24, 2.45) is 28.6 Å². The standard InChI is InChI=1S/C14H23Br/c1-13(2)12(9-15)14(13,10-5-3-6-10)11-7-4-8-11/h10-12H,3-9H2,1-2H3. The minimum atomic E-state index is 0.632. The summed E-state index contributed by atoms with van der Waals surface area (Å²) in [4.78, 5) is 0. The zero-order valence-corrected chi connectivity index (χ0v) is 11.6. The van der Waals surface area contributed by atoms with E-state index in [0.29, 0.717) is 5.41 Å². The zero-order chi connectivity index (χ0) is 10.7. The Balaban J connectivity index is 1.88. The molecule has 1 atom stereocenters. The molecule has 0 aliphatic heterocycles. The van der Waals surface area contributed by atoms with E-state index in [4.69, 9.17) is 0 Å². The number of alkyl halides is 1. The minimum Gasteiger partial charge on any atom is -0.0925 e. The Labute approximate surface area is 102 Å². The molecule has 0 aromatic carbocycles. The highest BCUT2D eigenvalue weighted by Gasteiger charge is 2.76. The van der Waals surface area contributed by atoms with Gasteiger partial charge in [0.05, 0.1) is 0 Å². The van der Waals surface area contributed by atoms with Crippen molar-refractivity contribution < 1.29 is 0 Å². The van der Waals surface area contributed by atoms with Crippen LogP contribution in [0.2, 0.25) is 0 Å². The van der Waals surface area contributed by atoms with E-state index in [2.05, 4.69) is 29.8 Å². The first kappa shape index (κ1) is 10.6. The third kappa shape index (κ3) is 1.09. The predicted molar refractivity (Wildman–Crippen MR) is 68.2 cm³/mol. The molecule has 15 heavy (non-hydrogen) atoms. The molecule has 0 aromatic rings. The maximum atomic E-state index is 3.77. The summed E-state index contributed by atoms with van der Waals surface area (Å²) in [5.74, 6) is 3.14. The summed E-state index contributed by atoms with van der Waals surface area (Å²) in [6.45, 7) is 5.07. The van der Waals surface area contributed by atoms with Gasteiger partial charge in [0.15, 0.2) is 0 Å². The molecular weight excluding hydrogens is 248 g/mol. The highest BCUT2D eigenvalue weighted by Crippen LogP contribution is 2.81. The first-order valence-electron chi connectivity index (χ1n) is 6.71. The molecular formula is C14H23Br. The summed E-state index contributed by atoms with van der Waals surface area (Å²) in [6.07, 6.45) is 9.13. The molecule has 3 fully saturated rings. The summed E-state index contributed by atoms with van der Waals surface area (Å²) in [5, 5.41) is 1.24. The highest BCUT2D eigenvalue weighted by molar-refractivity contribution is 9.09. The van der Waals surface area contributed by atoms with Crippen molar-refractivity contribution in [1.29, 1.82) is 0 Å². The molecule has 0 aromatic heterocycles. The molecule has 0 spiro atoms. The topological polar surface area (TPSA) is 0 Å². The average molecular weight is 271 g/mol. The lowest BCUT2D eigenvalue weighted by atomic mass is 9.59. The van der Waals surface area contributed by atoms with E-state index < -0.39 is 0 Å². The normalized spacial score (nSPS) is 38.2. The van der Waals surface area contributed by atoms with E-state index in [-0.39, 0.29) is 0 Å². The van der Waals surface area contributed by atoms with Crippen LogP contribution >= 0.6 is 15.9 Å². The van der Waals surface area contributed by atoms with Crippen LogP contribution in [-0.2, 0) is 0 Å². The number of rotatable bonds is 3. The van der Waals surface area contributed by atoms with Crippen LogP contribution < -0.4 is 0 Å². The van der Waals surface area contributed by atoms with Gasteiger partial charge in [-0.05, 0) is 54.3 Å². The predicted octanol–water partition coefficient (Wildman–Crippen LogP) is 4.62. The first-order valence-corrected chi connectivity index (χ1v) is 7.83. The lowest BCUT2D eigenvalue weighted by molar-refractivity contribution is 0.0341. The molecule has 0 heterocycles. The van der Waals surface area contributed by atoms with Gasteiger partial charge in [-0.3, -0.25) is 0 Å². The van der Waals surface area contributed by atoms with Crippen LogP contribution in [0.1, 0.15) is 52.4 Å². The van der Waals surface area contributed by atoms with Crippen LogP contribution in [0.3, 0.4) is 0 Å². The Kier molecular flexibility index (Phi) is 2.30. The summed E-state index contributed by atoms with van der Waals surface area (Å²) in [7, 11) is 0. The van der Waals surface area contributed by atoms with Crippen LogP contribution in [0, 0.1) is 28.6 Å². The number of hydrogen-bond acceptors (Lipinski definition) is 0.